The van der Waals surface area contributed by atoms with Gasteiger partial charge in [-0.3, -0.25) is 9.59 Å². The molecule has 2 heterocycles. The number of carbonyl (C=O) groups excluding carboxylic acids is 4. The van der Waals surface area contributed by atoms with Crippen LogP contribution >= 0.6 is 0 Å². The summed E-state index contributed by atoms with van der Waals surface area (Å²) in [5, 5.41) is 59.9. The van der Waals surface area contributed by atoms with Gasteiger partial charge in [0.1, 0.15) is 18.3 Å². The van der Waals surface area contributed by atoms with Crippen molar-refractivity contribution < 1.29 is 131 Å². The zero-order chi connectivity index (χ0) is 37.7. The van der Waals surface area contributed by atoms with Crippen LogP contribution in [0.2, 0.25) is 0 Å². The van der Waals surface area contributed by atoms with Crippen LogP contribution in [0.4, 0.5) is 0 Å². The van der Waals surface area contributed by atoms with Gasteiger partial charge in [-0.2, -0.15) is 0 Å². The minimum Gasteiger partial charge on any atom is -1.00 e. The summed E-state index contributed by atoms with van der Waals surface area (Å²) in [4.78, 5) is 44.9. The number of quaternary nitrogens is 2. The molecule has 54 heavy (non-hydrogen) atoms. The van der Waals surface area contributed by atoms with Crippen LogP contribution in [0.3, 0.4) is 0 Å². The first-order valence-electron chi connectivity index (χ1n) is 17.3. The molecule has 4 unspecified atom stereocenters. The Morgan fingerprint density at radius 3 is 1.31 bits per heavy atom. The van der Waals surface area contributed by atoms with Crippen molar-refractivity contribution in [2.75, 3.05) is 19.6 Å². The summed E-state index contributed by atoms with van der Waals surface area (Å²) < 4.78 is 8.99. The number of aliphatic hydroxyl groups is 6. The average Bonchev–Trinajstić information content (AvgIpc) is 3.54. The molecule has 0 saturated carbocycles. The minimum atomic E-state index is -1.94. The Bertz CT molecular complexity index is 869. The summed E-state index contributed by atoms with van der Waals surface area (Å²) >= 11 is 0. The Balaban J connectivity index is -0.0000000985. The van der Waals surface area contributed by atoms with Crippen molar-refractivity contribution in [2.45, 2.75) is 158 Å². The molecule has 324 valence electrons. The number of aliphatic hydroxyl groups excluding tert-OH is 6. The number of hydrogen-bond acceptors (Lipinski definition) is 13. The van der Waals surface area contributed by atoms with Crippen molar-refractivity contribution in [1.82, 2.24) is 5.32 Å². The van der Waals surface area contributed by atoms with E-state index in [1.54, 1.807) is 0 Å². The molecule has 0 spiro atoms. The van der Waals surface area contributed by atoms with Crippen molar-refractivity contribution in [3.8, 4) is 0 Å². The standard InChI is InChI=1S/C17H33NO6.C6H6O6.2C5H13N.2CH4.2ClH.Na.H2O/c1-5-10(3)7-8-12(19)13(20)14(21)15(22)16(23)17(24)18-9-11(4)6-2;7-1-3-4(12-5(1)9)2(8)6(10)11-3;2*1-3-5(2)4-6;;;;;;/h10-11,13-16,20-23H,5-9H2,1-4H3,(H,18,24);1-4,7-8H;2*5H,3-4,6H2,1-2H3;2*1H4;2*1H;;1H2/q;;;;;;;;+1;/p-1/t10?,11?,13-,14-,15+,16-;1-,2+,3-,4-;;;;;;;;/m11......../s1. The zero-order valence-electron chi connectivity index (χ0n) is 32.5. The van der Waals surface area contributed by atoms with Crippen molar-refractivity contribution in [2.24, 2.45) is 23.7 Å². The van der Waals surface area contributed by atoms with Crippen molar-refractivity contribution in [3.05, 3.63) is 0 Å². The summed E-state index contributed by atoms with van der Waals surface area (Å²) in [6, 6.07) is 0. The number of rotatable bonds is 16. The number of carbonyl (C=O) groups is 4. The smallest absolute Gasteiger partial charge is 1.00 e. The fourth-order valence-corrected chi connectivity index (χ4v) is 3.69. The van der Waals surface area contributed by atoms with Gasteiger partial charge >= 0.3 is 41.5 Å². The first-order chi connectivity index (χ1) is 22.4. The van der Waals surface area contributed by atoms with E-state index in [1.807, 2.05) is 27.7 Å². The molecule has 0 aromatic carbocycles. The normalized spacial score (nSPS) is 21.8. The predicted molar refractivity (Wildman–Crippen MR) is 192 cm³/mol. The van der Waals surface area contributed by atoms with Gasteiger partial charge in [0.15, 0.2) is 36.3 Å². The Hall–Kier alpha value is -0.700. The fourth-order valence-electron chi connectivity index (χ4n) is 3.69. The second kappa shape index (κ2) is 39.1. The molecule has 14 N–H and O–H groups in total. The first kappa shape index (κ1) is 71.0. The predicted octanol–water partition coefficient (Wildman–Crippen LogP) is -9.80. The molecule has 2 saturated heterocycles. The number of amides is 1. The number of hydrogen-bond donors (Lipinski definition) is 9. The van der Waals surface area contributed by atoms with Gasteiger partial charge < -0.3 is 87.2 Å². The van der Waals surface area contributed by atoms with Crippen molar-refractivity contribution >= 4 is 23.6 Å². The minimum absolute atomic E-state index is 0. The van der Waals surface area contributed by atoms with E-state index in [0.29, 0.717) is 18.9 Å². The van der Waals surface area contributed by atoms with E-state index in [4.69, 9.17) is 10.2 Å². The molecule has 16 nitrogen and oxygen atoms in total. The Morgan fingerprint density at radius 2 is 1.02 bits per heavy atom. The van der Waals surface area contributed by atoms with Crippen LogP contribution < -0.4 is 71.2 Å². The summed E-state index contributed by atoms with van der Waals surface area (Å²) in [5.41, 5.74) is 7.51. The summed E-state index contributed by atoms with van der Waals surface area (Å²) in [7, 11) is 0. The molecule has 0 aliphatic carbocycles. The average molecular weight is 841 g/mol. The number of nitrogens with one attached hydrogen (secondary N) is 1. The summed E-state index contributed by atoms with van der Waals surface area (Å²) in [5.74, 6) is -1.03. The van der Waals surface area contributed by atoms with Gasteiger partial charge in [0, 0.05) is 24.8 Å². The van der Waals surface area contributed by atoms with E-state index in [-0.39, 0.29) is 87.0 Å². The van der Waals surface area contributed by atoms with Gasteiger partial charge in [-0.15, -0.1) is 0 Å². The molecular weight excluding hydrogens is 764 g/mol. The van der Waals surface area contributed by atoms with Crippen LogP contribution in [0.25, 0.3) is 0 Å². The third kappa shape index (κ3) is 27.0. The fraction of sp³-hybridized carbons (Fsp3) is 0.886. The van der Waals surface area contributed by atoms with Crippen molar-refractivity contribution in [1.29, 1.82) is 0 Å². The molecule has 12 atom stereocenters. The molecule has 19 heteroatoms. The second-order valence-electron chi connectivity index (χ2n) is 12.9. The maximum Gasteiger partial charge on any atom is 1.00 e. The van der Waals surface area contributed by atoms with Gasteiger partial charge in [-0.25, -0.2) is 9.59 Å². The number of Topliss-reactive ketones (excluding diaryl/α,β-unsaturated/α-hetero) is 1. The first-order valence-corrected chi connectivity index (χ1v) is 17.3. The maximum absolute atomic E-state index is 11.9. The molecular formula is C35H76Cl2N3NaO13. The third-order valence-electron chi connectivity index (χ3n) is 8.81. The van der Waals surface area contributed by atoms with E-state index >= 15 is 0 Å². The van der Waals surface area contributed by atoms with Gasteiger partial charge in [-0.05, 0) is 31.1 Å². The quantitative estimate of drug-likeness (QED) is 0.0516. The molecule has 2 aliphatic rings. The van der Waals surface area contributed by atoms with Crippen LogP contribution in [-0.4, -0.2) is 128 Å². The van der Waals surface area contributed by atoms with Gasteiger partial charge in [0.05, 0.1) is 13.1 Å². The van der Waals surface area contributed by atoms with Gasteiger partial charge in [0.2, 0.25) is 0 Å². The van der Waals surface area contributed by atoms with E-state index < -0.39 is 72.5 Å². The number of fused-ring (bicyclic) bond motifs is 1. The zero-order valence-corrected chi connectivity index (χ0v) is 36.1. The molecule has 0 radical (unpaired) electrons. The summed E-state index contributed by atoms with van der Waals surface area (Å²) in [6.45, 7) is 19.1. The number of halogens is 2. The number of ketones is 1. The van der Waals surface area contributed by atoms with Crippen LogP contribution in [0, 0.1) is 23.7 Å². The number of esters is 2. The SMILES string of the molecule is C.C.CCC(C)CCC(=O)[C@@H](O)[C@@H](O)[C@H](O)[C@@H](O)C(=O)NCC(C)CC.CCC(C)C[NH3+].CCC(C)C[NH3+].O=C1O[C@H]2[C@H](OC(=O)[C@@H]2O)[C@@H]1O.[Cl-].[Cl-].[Na+].[OH-]. The number of ether oxygens (including phenoxy) is 2. The Kier molecular flexibility index (Phi) is 51.5. The van der Waals surface area contributed by atoms with Crippen LogP contribution in [0.5, 0.6) is 0 Å². The maximum atomic E-state index is 11.9. The molecule has 0 aromatic heterocycles. The van der Waals surface area contributed by atoms with E-state index in [2.05, 4.69) is 54.0 Å². The Morgan fingerprint density at radius 1 is 0.685 bits per heavy atom. The third-order valence-corrected chi connectivity index (χ3v) is 8.81. The van der Waals surface area contributed by atoms with Crippen LogP contribution in [0.1, 0.15) is 109 Å². The molecule has 0 aromatic rings. The molecule has 1 amide bonds. The van der Waals surface area contributed by atoms with Crippen LogP contribution in [0.15, 0.2) is 0 Å². The second-order valence-corrected chi connectivity index (χ2v) is 12.9. The van der Waals surface area contributed by atoms with Gasteiger partial charge in [-0.1, -0.05) is 83.1 Å². The Labute approximate surface area is 358 Å². The largest absolute Gasteiger partial charge is 1.00 e. The van der Waals surface area contributed by atoms with Crippen molar-refractivity contribution in [3.63, 3.8) is 0 Å². The topological polar surface area (TPSA) is 305 Å². The molecule has 2 aliphatic heterocycles. The van der Waals surface area contributed by atoms with Gasteiger partial charge in [0.25, 0.3) is 5.91 Å². The molecule has 2 fully saturated rings. The van der Waals surface area contributed by atoms with E-state index in [1.165, 1.54) is 12.8 Å². The van der Waals surface area contributed by atoms with Crippen LogP contribution in [-0.2, 0) is 28.7 Å². The van der Waals surface area contributed by atoms with E-state index in [9.17, 15) is 39.6 Å². The monoisotopic (exact) mass is 839 g/mol. The van der Waals surface area contributed by atoms with E-state index in [0.717, 1.165) is 37.8 Å². The molecule has 0 bridgehead atoms. The summed E-state index contributed by atoms with van der Waals surface area (Å²) in [6.07, 6.45) is -7.72. The molecule has 2 rings (SSSR count).